The molecule has 0 heterocycles. The molecule has 1 amide bonds. The van der Waals surface area contributed by atoms with E-state index in [0.29, 0.717) is 5.69 Å². The minimum atomic E-state index is -0.483. The second-order valence-corrected chi connectivity index (χ2v) is 6.54. The van der Waals surface area contributed by atoms with Gasteiger partial charge >= 0.3 is 0 Å². The fraction of sp³-hybridized carbons (Fsp3) is 0.200. The van der Waals surface area contributed by atoms with Crippen LogP contribution in [0.25, 0.3) is 6.08 Å². The Balaban J connectivity index is 2.18. The number of nitrogens with one attached hydrogen (secondary N) is 1. The number of amides is 1. The topological polar surface area (TPSA) is 73.1 Å². The molecule has 0 unspecified atom stereocenters. The molecule has 24 heavy (non-hydrogen) atoms. The second-order valence-electron chi connectivity index (χ2n) is 6.54. The summed E-state index contributed by atoms with van der Waals surface area (Å²) in [5, 5.41) is 21.1. The van der Waals surface area contributed by atoms with E-state index in [-0.39, 0.29) is 16.7 Å². The SMILES string of the molecule is CC(C)(C)c1ccc(/C=C(\C#N)C(=O)Nc2ccc(O)cc2)cc1. The Morgan fingerprint density at radius 2 is 1.67 bits per heavy atom. The monoisotopic (exact) mass is 320 g/mol. The molecule has 2 aromatic rings. The number of carbonyl (C=O) groups excluding carboxylic acids is 1. The maximum atomic E-state index is 12.2. The Morgan fingerprint density at radius 3 is 2.17 bits per heavy atom. The number of carbonyl (C=O) groups is 1. The van der Waals surface area contributed by atoms with Gasteiger partial charge in [-0.1, -0.05) is 45.0 Å². The molecule has 0 fully saturated rings. The number of benzene rings is 2. The summed E-state index contributed by atoms with van der Waals surface area (Å²) in [6.45, 7) is 6.39. The van der Waals surface area contributed by atoms with Gasteiger partial charge in [-0.15, -0.1) is 0 Å². The van der Waals surface area contributed by atoms with Crippen molar-refractivity contribution in [2.24, 2.45) is 0 Å². The van der Waals surface area contributed by atoms with Gasteiger partial charge in [-0.25, -0.2) is 0 Å². The first-order chi connectivity index (χ1) is 11.3. The molecule has 122 valence electrons. The highest BCUT2D eigenvalue weighted by Crippen LogP contribution is 2.23. The van der Waals surface area contributed by atoms with Gasteiger partial charge < -0.3 is 10.4 Å². The summed E-state index contributed by atoms with van der Waals surface area (Å²) in [6, 6.07) is 15.8. The van der Waals surface area contributed by atoms with Crippen LogP contribution < -0.4 is 5.32 Å². The lowest BCUT2D eigenvalue weighted by molar-refractivity contribution is -0.112. The number of nitrogens with zero attached hydrogens (tertiary/aromatic N) is 1. The van der Waals surface area contributed by atoms with Crippen molar-refractivity contribution in [2.45, 2.75) is 26.2 Å². The van der Waals surface area contributed by atoms with E-state index in [0.717, 1.165) is 5.56 Å². The molecule has 0 aromatic heterocycles. The zero-order valence-corrected chi connectivity index (χ0v) is 14.0. The van der Waals surface area contributed by atoms with Gasteiger partial charge in [-0.2, -0.15) is 5.26 Å². The highest BCUT2D eigenvalue weighted by atomic mass is 16.3. The molecule has 0 saturated carbocycles. The average molecular weight is 320 g/mol. The molecule has 0 aliphatic rings. The van der Waals surface area contributed by atoms with E-state index >= 15 is 0 Å². The lowest BCUT2D eigenvalue weighted by Crippen LogP contribution is -2.13. The third-order valence-corrected chi connectivity index (χ3v) is 3.58. The van der Waals surface area contributed by atoms with Crippen molar-refractivity contribution in [2.75, 3.05) is 5.32 Å². The Hall–Kier alpha value is -3.06. The van der Waals surface area contributed by atoms with Crippen molar-refractivity contribution >= 4 is 17.7 Å². The molecule has 4 nitrogen and oxygen atoms in total. The number of rotatable bonds is 3. The van der Waals surface area contributed by atoms with E-state index in [1.165, 1.54) is 17.7 Å². The summed E-state index contributed by atoms with van der Waals surface area (Å²) in [5.41, 5.74) is 2.57. The van der Waals surface area contributed by atoms with Crippen molar-refractivity contribution in [3.8, 4) is 11.8 Å². The molecule has 0 atom stereocenters. The van der Waals surface area contributed by atoms with Gasteiger partial charge in [0.2, 0.25) is 0 Å². The molecule has 2 aromatic carbocycles. The van der Waals surface area contributed by atoms with Crippen LogP contribution in [0.15, 0.2) is 54.1 Å². The number of phenols is 1. The molecular formula is C20H20N2O2. The van der Waals surface area contributed by atoms with Crippen LogP contribution in [0, 0.1) is 11.3 Å². The van der Waals surface area contributed by atoms with Gasteiger partial charge in [0.15, 0.2) is 0 Å². The minimum absolute atomic E-state index is 0.0200. The van der Waals surface area contributed by atoms with Crippen LogP contribution in [0.1, 0.15) is 31.9 Å². The van der Waals surface area contributed by atoms with Crippen molar-refractivity contribution in [1.82, 2.24) is 0 Å². The number of anilines is 1. The van der Waals surface area contributed by atoms with E-state index in [1.54, 1.807) is 18.2 Å². The zero-order valence-electron chi connectivity index (χ0n) is 14.0. The predicted molar refractivity (Wildman–Crippen MR) is 95.5 cm³/mol. The quantitative estimate of drug-likeness (QED) is 0.505. The van der Waals surface area contributed by atoms with Gasteiger partial charge in [0, 0.05) is 5.69 Å². The third kappa shape index (κ3) is 4.47. The summed E-state index contributed by atoms with van der Waals surface area (Å²) in [7, 11) is 0. The summed E-state index contributed by atoms with van der Waals surface area (Å²) >= 11 is 0. The molecule has 0 radical (unpaired) electrons. The first kappa shape index (κ1) is 17.3. The van der Waals surface area contributed by atoms with Crippen LogP contribution >= 0.6 is 0 Å². The summed E-state index contributed by atoms with van der Waals surface area (Å²) < 4.78 is 0. The lowest BCUT2D eigenvalue weighted by Gasteiger charge is -2.18. The number of nitriles is 1. The van der Waals surface area contributed by atoms with Crippen LogP contribution in [0.5, 0.6) is 5.75 Å². The Bertz CT molecular complexity index is 790. The van der Waals surface area contributed by atoms with Crippen molar-refractivity contribution < 1.29 is 9.90 Å². The van der Waals surface area contributed by atoms with Gasteiger partial charge in [0.25, 0.3) is 5.91 Å². The third-order valence-electron chi connectivity index (χ3n) is 3.58. The van der Waals surface area contributed by atoms with E-state index in [9.17, 15) is 15.2 Å². The zero-order chi connectivity index (χ0) is 17.7. The summed E-state index contributed by atoms with van der Waals surface area (Å²) in [4.78, 5) is 12.2. The van der Waals surface area contributed by atoms with Crippen LogP contribution in [0.3, 0.4) is 0 Å². The first-order valence-electron chi connectivity index (χ1n) is 7.62. The maximum absolute atomic E-state index is 12.2. The second kappa shape index (κ2) is 7.01. The smallest absolute Gasteiger partial charge is 0.266 e. The number of hydrogen-bond acceptors (Lipinski definition) is 3. The van der Waals surface area contributed by atoms with Gasteiger partial charge in [0.1, 0.15) is 17.4 Å². The standard InChI is InChI=1S/C20H20N2O2/c1-20(2,3)16-6-4-14(5-7-16)12-15(13-21)19(24)22-17-8-10-18(23)11-9-17/h4-12,23H,1-3H3,(H,22,24)/b15-12+. The first-order valence-corrected chi connectivity index (χ1v) is 7.62. The van der Waals surface area contributed by atoms with Gasteiger partial charge in [0.05, 0.1) is 0 Å². The van der Waals surface area contributed by atoms with Crippen molar-refractivity contribution in [3.63, 3.8) is 0 Å². The largest absolute Gasteiger partial charge is 0.508 e. The Morgan fingerprint density at radius 1 is 1.08 bits per heavy atom. The fourth-order valence-corrected chi connectivity index (χ4v) is 2.14. The molecule has 0 saturated heterocycles. The molecule has 0 aliphatic heterocycles. The highest BCUT2D eigenvalue weighted by molar-refractivity contribution is 6.09. The van der Waals surface area contributed by atoms with Crippen molar-refractivity contribution in [1.29, 1.82) is 5.26 Å². The number of hydrogen-bond donors (Lipinski definition) is 2. The predicted octanol–water partition coefficient (Wildman–Crippen LogP) is 4.24. The van der Waals surface area contributed by atoms with Crippen LogP contribution in [-0.4, -0.2) is 11.0 Å². The summed E-state index contributed by atoms with van der Waals surface area (Å²) in [5.74, 6) is -0.369. The van der Waals surface area contributed by atoms with E-state index in [1.807, 2.05) is 30.3 Å². The lowest BCUT2D eigenvalue weighted by atomic mass is 9.86. The minimum Gasteiger partial charge on any atom is -0.508 e. The molecule has 0 bridgehead atoms. The summed E-state index contributed by atoms with van der Waals surface area (Å²) in [6.07, 6.45) is 1.56. The fourth-order valence-electron chi connectivity index (χ4n) is 2.14. The van der Waals surface area contributed by atoms with E-state index < -0.39 is 5.91 Å². The molecule has 2 rings (SSSR count). The highest BCUT2D eigenvalue weighted by Gasteiger charge is 2.13. The average Bonchev–Trinajstić information content (AvgIpc) is 2.54. The Kier molecular flexibility index (Phi) is 5.05. The van der Waals surface area contributed by atoms with E-state index in [4.69, 9.17) is 0 Å². The molecule has 4 heteroatoms. The van der Waals surface area contributed by atoms with Crippen molar-refractivity contribution in [3.05, 3.63) is 65.2 Å². The Labute approximate surface area is 142 Å². The molecule has 0 spiro atoms. The number of aromatic hydroxyl groups is 1. The van der Waals surface area contributed by atoms with Gasteiger partial charge in [-0.3, -0.25) is 4.79 Å². The normalized spacial score (nSPS) is 11.7. The molecule has 2 N–H and O–H groups in total. The van der Waals surface area contributed by atoms with E-state index in [2.05, 4.69) is 26.1 Å². The van der Waals surface area contributed by atoms with Crippen LogP contribution in [-0.2, 0) is 10.2 Å². The molecular weight excluding hydrogens is 300 g/mol. The molecule has 0 aliphatic carbocycles. The maximum Gasteiger partial charge on any atom is 0.266 e. The number of phenolic OH excluding ortho intramolecular Hbond substituents is 1. The van der Waals surface area contributed by atoms with Crippen LogP contribution in [0.4, 0.5) is 5.69 Å². The van der Waals surface area contributed by atoms with Crippen LogP contribution in [0.2, 0.25) is 0 Å². The van der Waals surface area contributed by atoms with Gasteiger partial charge in [-0.05, 0) is 46.9 Å².